The van der Waals surface area contributed by atoms with E-state index in [0.29, 0.717) is 0 Å². The molecule has 2 aromatic rings. The Balaban J connectivity index is 2.08. The Morgan fingerprint density at radius 3 is 2.45 bits per heavy atom. The van der Waals surface area contributed by atoms with E-state index in [1.807, 2.05) is 25.1 Å². The number of anilines is 1. The van der Waals surface area contributed by atoms with Crippen LogP contribution >= 0.6 is 15.9 Å². The zero-order valence-electron chi connectivity index (χ0n) is 10.8. The van der Waals surface area contributed by atoms with Crippen LogP contribution in [-0.2, 0) is 0 Å². The minimum absolute atomic E-state index is 0.0267. The summed E-state index contributed by atoms with van der Waals surface area (Å²) in [6, 6.07) is 9.10. The first-order chi connectivity index (χ1) is 9.49. The molecule has 0 saturated heterocycles. The molecule has 1 unspecified atom stereocenters. The summed E-state index contributed by atoms with van der Waals surface area (Å²) in [7, 11) is 0. The molecule has 0 radical (unpaired) electrons. The Kier molecular flexibility index (Phi) is 4.73. The lowest BCUT2D eigenvalue weighted by atomic mass is 10.1. The van der Waals surface area contributed by atoms with Crippen LogP contribution in [0.1, 0.15) is 17.2 Å². The standard InChI is InChI=1S/C15H14BrF2NO/c1-9-7-10(5-6-11(9)16)19-8-14(20)15-12(17)3-2-4-13(15)18/h2-7,14,19-20H,8H2,1H3. The van der Waals surface area contributed by atoms with Crippen LogP contribution in [0.2, 0.25) is 0 Å². The molecule has 0 heterocycles. The lowest BCUT2D eigenvalue weighted by Crippen LogP contribution is -2.15. The molecule has 0 aliphatic heterocycles. The van der Waals surface area contributed by atoms with Crippen LogP contribution in [0, 0.1) is 18.6 Å². The molecule has 2 aromatic carbocycles. The third kappa shape index (κ3) is 3.35. The Morgan fingerprint density at radius 1 is 1.20 bits per heavy atom. The van der Waals surface area contributed by atoms with Gasteiger partial charge in [-0.2, -0.15) is 0 Å². The minimum Gasteiger partial charge on any atom is -0.386 e. The van der Waals surface area contributed by atoms with Crippen molar-refractivity contribution in [1.29, 1.82) is 0 Å². The summed E-state index contributed by atoms with van der Waals surface area (Å²) in [5.74, 6) is -1.49. The van der Waals surface area contributed by atoms with E-state index < -0.39 is 17.7 Å². The molecule has 0 amide bonds. The second-order valence-electron chi connectivity index (χ2n) is 4.50. The van der Waals surface area contributed by atoms with Gasteiger partial charge in [0.15, 0.2) is 0 Å². The van der Waals surface area contributed by atoms with Crippen molar-refractivity contribution in [2.75, 3.05) is 11.9 Å². The highest BCUT2D eigenvalue weighted by atomic mass is 79.9. The van der Waals surface area contributed by atoms with E-state index in [2.05, 4.69) is 21.2 Å². The Hall–Kier alpha value is -1.46. The van der Waals surface area contributed by atoms with Gasteiger partial charge in [-0.15, -0.1) is 0 Å². The van der Waals surface area contributed by atoms with Crippen molar-refractivity contribution in [3.8, 4) is 0 Å². The Morgan fingerprint density at radius 2 is 1.85 bits per heavy atom. The van der Waals surface area contributed by atoms with Crippen molar-refractivity contribution >= 4 is 21.6 Å². The molecule has 0 aliphatic rings. The number of aliphatic hydroxyl groups is 1. The van der Waals surface area contributed by atoms with E-state index in [0.717, 1.165) is 27.9 Å². The number of benzene rings is 2. The van der Waals surface area contributed by atoms with E-state index in [1.54, 1.807) is 0 Å². The van der Waals surface area contributed by atoms with Gasteiger partial charge in [-0.05, 0) is 42.8 Å². The number of rotatable bonds is 4. The number of halogens is 3. The molecule has 0 aromatic heterocycles. The largest absolute Gasteiger partial charge is 0.386 e. The first-order valence-corrected chi connectivity index (χ1v) is 6.90. The summed E-state index contributed by atoms with van der Waals surface area (Å²) in [6.45, 7) is 1.96. The van der Waals surface area contributed by atoms with Crippen molar-refractivity contribution in [3.05, 3.63) is 63.6 Å². The molecule has 20 heavy (non-hydrogen) atoms. The highest BCUT2D eigenvalue weighted by Gasteiger charge is 2.17. The van der Waals surface area contributed by atoms with E-state index >= 15 is 0 Å². The molecule has 0 saturated carbocycles. The van der Waals surface area contributed by atoms with E-state index in [4.69, 9.17) is 0 Å². The number of hydrogen-bond acceptors (Lipinski definition) is 2. The van der Waals surface area contributed by atoms with Gasteiger partial charge in [-0.1, -0.05) is 22.0 Å². The molecule has 2 rings (SSSR count). The average molecular weight is 342 g/mol. The monoisotopic (exact) mass is 341 g/mol. The SMILES string of the molecule is Cc1cc(NCC(O)c2c(F)cccc2F)ccc1Br. The fourth-order valence-corrected chi connectivity index (χ4v) is 2.15. The molecular weight excluding hydrogens is 328 g/mol. The zero-order chi connectivity index (χ0) is 14.7. The molecule has 0 fully saturated rings. The summed E-state index contributed by atoms with van der Waals surface area (Å²) >= 11 is 3.39. The molecule has 0 aliphatic carbocycles. The van der Waals surface area contributed by atoms with Crippen molar-refractivity contribution in [2.45, 2.75) is 13.0 Å². The zero-order valence-corrected chi connectivity index (χ0v) is 12.4. The quantitative estimate of drug-likeness (QED) is 0.874. The van der Waals surface area contributed by atoms with Crippen LogP contribution in [0.4, 0.5) is 14.5 Å². The highest BCUT2D eigenvalue weighted by Crippen LogP contribution is 2.23. The van der Waals surface area contributed by atoms with Gasteiger partial charge in [-0.25, -0.2) is 8.78 Å². The smallest absolute Gasteiger partial charge is 0.132 e. The molecule has 0 bridgehead atoms. The van der Waals surface area contributed by atoms with Crippen LogP contribution in [0.25, 0.3) is 0 Å². The van der Waals surface area contributed by atoms with Gasteiger partial charge < -0.3 is 10.4 Å². The predicted octanol–water partition coefficient (Wildman–Crippen LogP) is 4.18. The second-order valence-corrected chi connectivity index (χ2v) is 5.35. The first kappa shape index (κ1) is 14.9. The maximum atomic E-state index is 13.5. The van der Waals surface area contributed by atoms with Gasteiger partial charge in [0.1, 0.15) is 17.7 Å². The lowest BCUT2D eigenvalue weighted by molar-refractivity contribution is 0.181. The van der Waals surface area contributed by atoms with Crippen LogP contribution < -0.4 is 5.32 Å². The van der Waals surface area contributed by atoms with Gasteiger partial charge in [0.25, 0.3) is 0 Å². The summed E-state index contributed by atoms with van der Waals surface area (Å²) in [5, 5.41) is 12.9. The Labute approximate surface area is 124 Å². The van der Waals surface area contributed by atoms with Crippen molar-refractivity contribution in [1.82, 2.24) is 0 Å². The summed E-state index contributed by atoms with van der Waals surface area (Å²) in [4.78, 5) is 0. The number of hydrogen-bond donors (Lipinski definition) is 2. The van der Waals surface area contributed by atoms with E-state index in [1.165, 1.54) is 6.07 Å². The Bertz CT molecular complexity index is 599. The minimum atomic E-state index is -1.25. The topological polar surface area (TPSA) is 32.3 Å². The van der Waals surface area contributed by atoms with Crippen molar-refractivity contribution in [2.24, 2.45) is 0 Å². The molecule has 5 heteroatoms. The molecule has 0 spiro atoms. The van der Waals surface area contributed by atoms with Crippen LogP contribution in [0.15, 0.2) is 40.9 Å². The maximum Gasteiger partial charge on any atom is 0.132 e. The van der Waals surface area contributed by atoms with Crippen molar-refractivity contribution in [3.63, 3.8) is 0 Å². The summed E-state index contributed by atoms with van der Waals surface area (Å²) in [6.07, 6.45) is -1.25. The molecular formula is C15H14BrF2NO. The molecule has 2 nitrogen and oxygen atoms in total. The molecule has 2 N–H and O–H groups in total. The number of aliphatic hydroxyl groups excluding tert-OH is 1. The summed E-state index contributed by atoms with van der Waals surface area (Å²) in [5.41, 5.74) is 1.50. The van der Waals surface area contributed by atoms with Crippen LogP contribution in [-0.4, -0.2) is 11.7 Å². The van der Waals surface area contributed by atoms with E-state index in [-0.39, 0.29) is 12.1 Å². The second kappa shape index (κ2) is 6.33. The molecule has 1 atom stereocenters. The van der Waals surface area contributed by atoms with Crippen molar-refractivity contribution < 1.29 is 13.9 Å². The van der Waals surface area contributed by atoms with Crippen LogP contribution in [0.5, 0.6) is 0 Å². The highest BCUT2D eigenvalue weighted by molar-refractivity contribution is 9.10. The lowest BCUT2D eigenvalue weighted by Gasteiger charge is -2.15. The number of nitrogens with one attached hydrogen (secondary N) is 1. The van der Waals surface area contributed by atoms with Gasteiger partial charge in [0.05, 0.1) is 5.56 Å². The van der Waals surface area contributed by atoms with Crippen LogP contribution in [0.3, 0.4) is 0 Å². The molecule has 106 valence electrons. The van der Waals surface area contributed by atoms with Gasteiger partial charge >= 0.3 is 0 Å². The number of aryl methyl sites for hydroxylation is 1. The summed E-state index contributed by atoms with van der Waals surface area (Å²) < 4.78 is 28.0. The fraction of sp³-hybridized carbons (Fsp3) is 0.200. The third-order valence-electron chi connectivity index (χ3n) is 2.99. The third-order valence-corrected chi connectivity index (χ3v) is 3.88. The fourth-order valence-electron chi connectivity index (χ4n) is 1.90. The maximum absolute atomic E-state index is 13.5. The average Bonchev–Trinajstić information content (AvgIpc) is 2.40. The normalized spacial score (nSPS) is 12.2. The van der Waals surface area contributed by atoms with E-state index in [9.17, 15) is 13.9 Å². The first-order valence-electron chi connectivity index (χ1n) is 6.11. The van der Waals surface area contributed by atoms with Gasteiger partial charge in [0.2, 0.25) is 0 Å². The van der Waals surface area contributed by atoms with Gasteiger partial charge in [-0.3, -0.25) is 0 Å². The predicted molar refractivity (Wildman–Crippen MR) is 78.7 cm³/mol. The van der Waals surface area contributed by atoms with Gasteiger partial charge in [0, 0.05) is 16.7 Å².